The maximum absolute atomic E-state index is 4.22. The van der Waals surface area contributed by atoms with Crippen LogP contribution in [0.2, 0.25) is 0 Å². The zero-order valence-corrected chi connectivity index (χ0v) is 11.8. The molecule has 0 aliphatic carbocycles. The SMILES string of the molecule is CNC(CCCc1ccccc1)Cc1cnn(C)c1. The monoisotopic (exact) mass is 257 g/mol. The van der Waals surface area contributed by atoms with Gasteiger partial charge in [0.05, 0.1) is 6.20 Å². The molecule has 0 saturated heterocycles. The molecule has 1 unspecified atom stereocenters. The lowest BCUT2D eigenvalue weighted by atomic mass is 10.0. The van der Waals surface area contributed by atoms with Crippen LogP contribution in [0.4, 0.5) is 0 Å². The van der Waals surface area contributed by atoms with Crippen molar-refractivity contribution in [3.63, 3.8) is 0 Å². The van der Waals surface area contributed by atoms with Crippen LogP contribution in [0.3, 0.4) is 0 Å². The second-order valence-electron chi connectivity index (χ2n) is 5.09. The Hall–Kier alpha value is -1.61. The van der Waals surface area contributed by atoms with Gasteiger partial charge in [0, 0.05) is 19.3 Å². The number of hydrogen-bond acceptors (Lipinski definition) is 2. The van der Waals surface area contributed by atoms with Gasteiger partial charge in [-0.3, -0.25) is 4.68 Å². The minimum atomic E-state index is 0.535. The molecule has 1 heterocycles. The van der Waals surface area contributed by atoms with E-state index in [0.717, 1.165) is 12.8 Å². The van der Waals surface area contributed by atoms with Gasteiger partial charge in [0.25, 0.3) is 0 Å². The van der Waals surface area contributed by atoms with Crippen molar-refractivity contribution in [2.45, 2.75) is 31.7 Å². The van der Waals surface area contributed by atoms with Gasteiger partial charge < -0.3 is 5.32 Å². The average Bonchev–Trinajstić information content (AvgIpc) is 2.84. The summed E-state index contributed by atoms with van der Waals surface area (Å²) in [6.45, 7) is 0. The fraction of sp³-hybridized carbons (Fsp3) is 0.438. The van der Waals surface area contributed by atoms with Gasteiger partial charge in [-0.25, -0.2) is 0 Å². The minimum absolute atomic E-state index is 0.535. The number of benzene rings is 1. The first-order chi connectivity index (χ1) is 9.28. The second-order valence-corrected chi connectivity index (χ2v) is 5.09. The number of nitrogens with zero attached hydrogens (tertiary/aromatic N) is 2. The number of aromatic nitrogens is 2. The first-order valence-electron chi connectivity index (χ1n) is 6.96. The summed E-state index contributed by atoms with van der Waals surface area (Å²) in [6.07, 6.45) is 8.68. The van der Waals surface area contributed by atoms with E-state index in [1.165, 1.54) is 24.0 Å². The number of nitrogens with one attached hydrogen (secondary N) is 1. The van der Waals surface area contributed by atoms with Gasteiger partial charge in [-0.15, -0.1) is 0 Å². The predicted octanol–water partition coefficient (Wildman–Crippen LogP) is 2.57. The molecule has 19 heavy (non-hydrogen) atoms. The van der Waals surface area contributed by atoms with E-state index in [4.69, 9.17) is 0 Å². The molecule has 0 aliphatic heterocycles. The van der Waals surface area contributed by atoms with Crippen LogP contribution in [-0.2, 0) is 19.9 Å². The molecule has 2 rings (SSSR count). The Bertz CT molecular complexity index is 476. The quantitative estimate of drug-likeness (QED) is 0.826. The van der Waals surface area contributed by atoms with Crippen molar-refractivity contribution in [2.24, 2.45) is 7.05 Å². The summed E-state index contributed by atoms with van der Waals surface area (Å²) in [5, 5.41) is 7.63. The predicted molar refractivity (Wildman–Crippen MR) is 79.1 cm³/mol. The molecule has 0 radical (unpaired) electrons. The highest BCUT2D eigenvalue weighted by Gasteiger charge is 2.08. The van der Waals surface area contributed by atoms with Crippen LogP contribution >= 0.6 is 0 Å². The summed E-state index contributed by atoms with van der Waals surface area (Å²) in [5.41, 5.74) is 2.74. The van der Waals surface area contributed by atoms with E-state index in [0.29, 0.717) is 6.04 Å². The van der Waals surface area contributed by atoms with Crippen molar-refractivity contribution in [1.29, 1.82) is 0 Å². The Morgan fingerprint density at radius 1 is 1.21 bits per heavy atom. The number of aryl methyl sites for hydroxylation is 2. The maximum atomic E-state index is 4.22. The van der Waals surface area contributed by atoms with Crippen LogP contribution in [0.5, 0.6) is 0 Å². The van der Waals surface area contributed by atoms with Crippen molar-refractivity contribution in [2.75, 3.05) is 7.05 Å². The molecule has 1 aromatic carbocycles. The Morgan fingerprint density at radius 2 is 2.00 bits per heavy atom. The van der Waals surface area contributed by atoms with E-state index in [2.05, 4.69) is 46.9 Å². The van der Waals surface area contributed by atoms with E-state index in [1.54, 1.807) is 0 Å². The Balaban J connectivity index is 1.76. The minimum Gasteiger partial charge on any atom is -0.317 e. The lowest BCUT2D eigenvalue weighted by Gasteiger charge is -2.15. The molecule has 0 fully saturated rings. The average molecular weight is 257 g/mol. The smallest absolute Gasteiger partial charge is 0.0522 e. The molecule has 3 heteroatoms. The fourth-order valence-corrected chi connectivity index (χ4v) is 2.41. The summed E-state index contributed by atoms with van der Waals surface area (Å²) in [4.78, 5) is 0. The van der Waals surface area contributed by atoms with Crippen LogP contribution in [-0.4, -0.2) is 22.9 Å². The van der Waals surface area contributed by atoms with Gasteiger partial charge in [0.15, 0.2) is 0 Å². The molecule has 102 valence electrons. The van der Waals surface area contributed by atoms with Crippen molar-refractivity contribution >= 4 is 0 Å². The molecule has 3 nitrogen and oxygen atoms in total. The molecule has 0 saturated carbocycles. The normalized spacial score (nSPS) is 12.5. The van der Waals surface area contributed by atoms with Gasteiger partial charge >= 0.3 is 0 Å². The summed E-state index contributed by atoms with van der Waals surface area (Å²) in [7, 11) is 4.01. The first kappa shape index (κ1) is 13.8. The largest absolute Gasteiger partial charge is 0.317 e. The number of hydrogen-bond donors (Lipinski definition) is 1. The third-order valence-electron chi connectivity index (χ3n) is 3.51. The van der Waals surface area contributed by atoms with Gasteiger partial charge in [0.2, 0.25) is 0 Å². The van der Waals surface area contributed by atoms with Crippen LogP contribution in [0.1, 0.15) is 24.0 Å². The summed E-state index contributed by atoms with van der Waals surface area (Å²) in [6, 6.07) is 11.2. The highest BCUT2D eigenvalue weighted by Crippen LogP contribution is 2.10. The van der Waals surface area contributed by atoms with Gasteiger partial charge in [0.1, 0.15) is 0 Å². The Kier molecular flexibility index (Phi) is 5.16. The van der Waals surface area contributed by atoms with Crippen LogP contribution < -0.4 is 5.32 Å². The Morgan fingerprint density at radius 3 is 2.63 bits per heavy atom. The van der Waals surface area contributed by atoms with E-state index in [1.807, 2.05) is 25.0 Å². The number of likely N-dealkylation sites (N-methyl/N-ethyl adjacent to an activating group) is 1. The molecular formula is C16H23N3. The lowest BCUT2D eigenvalue weighted by molar-refractivity contribution is 0.502. The maximum Gasteiger partial charge on any atom is 0.0522 e. The van der Waals surface area contributed by atoms with Crippen molar-refractivity contribution in [3.05, 3.63) is 53.9 Å². The molecule has 1 N–H and O–H groups in total. The van der Waals surface area contributed by atoms with Crippen LogP contribution in [0.15, 0.2) is 42.7 Å². The summed E-state index contributed by atoms with van der Waals surface area (Å²) in [5.74, 6) is 0. The first-order valence-corrected chi connectivity index (χ1v) is 6.96. The van der Waals surface area contributed by atoms with Gasteiger partial charge in [-0.05, 0) is 43.9 Å². The standard InChI is InChI=1S/C16H23N3/c1-17-16(11-15-12-18-19(2)13-15)10-6-9-14-7-4-3-5-8-14/h3-5,7-8,12-13,16-17H,6,9-11H2,1-2H3. The molecule has 0 aliphatic rings. The Labute approximate surface area is 115 Å². The fourth-order valence-electron chi connectivity index (χ4n) is 2.41. The molecule has 0 bridgehead atoms. The molecule has 1 atom stereocenters. The van der Waals surface area contributed by atoms with Crippen molar-refractivity contribution in [1.82, 2.24) is 15.1 Å². The topological polar surface area (TPSA) is 29.9 Å². The van der Waals surface area contributed by atoms with Crippen molar-refractivity contribution < 1.29 is 0 Å². The molecular weight excluding hydrogens is 234 g/mol. The van der Waals surface area contributed by atoms with Crippen LogP contribution in [0, 0.1) is 0 Å². The molecule has 2 aromatic rings. The van der Waals surface area contributed by atoms with Gasteiger partial charge in [-0.2, -0.15) is 5.10 Å². The van der Waals surface area contributed by atoms with Crippen molar-refractivity contribution in [3.8, 4) is 0 Å². The molecule has 0 spiro atoms. The van der Waals surface area contributed by atoms with Gasteiger partial charge in [-0.1, -0.05) is 30.3 Å². The lowest BCUT2D eigenvalue weighted by Crippen LogP contribution is -2.27. The summed E-state index contributed by atoms with van der Waals surface area (Å²) < 4.78 is 1.87. The summed E-state index contributed by atoms with van der Waals surface area (Å²) >= 11 is 0. The highest BCUT2D eigenvalue weighted by atomic mass is 15.2. The zero-order valence-electron chi connectivity index (χ0n) is 11.8. The van der Waals surface area contributed by atoms with E-state index in [9.17, 15) is 0 Å². The number of rotatable bonds is 7. The highest BCUT2D eigenvalue weighted by molar-refractivity contribution is 5.14. The third-order valence-corrected chi connectivity index (χ3v) is 3.51. The van der Waals surface area contributed by atoms with Crippen LogP contribution in [0.25, 0.3) is 0 Å². The third kappa shape index (κ3) is 4.52. The molecule has 0 amide bonds. The van der Waals surface area contributed by atoms with E-state index < -0.39 is 0 Å². The zero-order chi connectivity index (χ0) is 13.5. The molecule has 1 aromatic heterocycles. The van der Waals surface area contributed by atoms with E-state index in [-0.39, 0.29) is 0 Å². The van der Waals surface area contributed by atoms with E-state index >= 15 is 0 Å². The second kappa shape index (κ2) is 7.10.